The Balaban J connectivity index is 2.44. The van der Waals surface area contributed by atoms with Crippen LogP contribution in [0.25, 0.3) is 0 Å². The maximum Gasteiger partial charge on any atom is 0.318 e. The second-order valence-corrected chi connectivity index (χ2v) is 1.44. The summed E-state index contributed by atoms with van der Waals surface area (Å²) in [6.07, 6.45) is 0.365. The topological polar surface area (TPSA) is 26.3 Å². The Morgan fingerprint density at radius 3 is 2.57 bits per heavy atom. The second-order valence-electron chi connectivity index (χ2n) is 1.23. The molecule has 3 heteroatoms. The quantitative estimate of drug-likeness (QED) is 0.444. The molecule has 0 amide bonds. The number of carbonyl (C=O) groups excluding carboxylic acids is 1. The van der Waals surface area contributed by atoms with Gasteiger partial charge < -0.3 is 4.74 Å². The van der Waals surface area contributed by atoms with E-state index in [-0.39, 0.29) is 5.97 Å². The third-order valence-corrected chi connectivity index (χ3v) is 0.929. The van der Waals surface area contributed by atoms with Gasteiger partial charge in [-0.3, -0.25) is 4.79 Å². The van der Waals surface area contributed by atoms with E-state index in [1.807, 2.05) is 0 Å². The SMILES string of the molecule is O=C1CC(=CCl)O1. The van der Waals surface area contributed by atoms with Crippen molar-refractivity contribution in [2.75, 3.05) is 0 Å². The fraction of sp³-hybridized carbons (Fsp3) is 0.250. The predicted octanol–water partition coefficient (Wildman–Crippen LogP) is 1.01. The summed E-state index contributed by atoms with van der Waals surface area (Å²) in [4.78, 5) is 9.95. The van der Waals surface area contributed by atoms with Gasteiger partial charge >= 0.3 is 5.97 Å². The largest absolute Gasteiger partial charge is 0.429 e. The minimum absolute atomic E-state index is 0.202. The van der Waals surface area contributed by atoms with Crippen LogP contribution in [0.3, 0.4) is 0 Å². The van der Waals surface area contributed by atoms with Crippen LogP contribution in [0.4, 0.5) is 0 Å². The lowest BCUT2D eigenvalue weighted by Gasteiger charge is -2.13. The number of rotatable bonds is 0. The Morgan fingerprint density at radius 1 is 1.86 bits per heavy atom. The van der Waals surface area contributed by atoms with Crippen molar-refractivity contribution >= 4 is 17.6 Å². The molecule has 7 heavy (non-hydrogen) atoms. The molecule has 1 aliphatic rings. The number of cyclic esters (lactones) is 1. The van der Waals surface area contributed by atoms with Crippen molar-refractivity contribution < 1.29 is 9.53 Å². The third-order valence-electron chi connectivity index (χ3n) is 0.685. The van der Waals surface area contributed by atoms with E-state index in [1.54, 1.807) is 0 Å². The first-order chi connectivity index (χ1) is 3.33. The van der Waals surface area contributed by atoms with Crippen LogP contribution >= 0.6 is 11.6 Å². The van der Waals surface area contributed by atoms with Crippen molar-refractivity contribution in [3.8, 4) is 0 Å². The van der Waals surface area contributed by atoms with Crippen LogP contribution in [0.2, 0.25) is 0 Å². The fourth-order valence-electron chi connectivity index (χ4n) is 0.341. The molecule has 1 fully saturated rings. The highest BCUT2D eigenvalue weighted by Crippen LogP contribution is 2.17. The molecule has 38 valence electrons. The van der Waals surface area contributed by atoms with E-state index in [4.69, 9.17) is 11.6 Å². The molecule has 1 heterocycles. The summed E-state index contributed by atoms with van der Waals surface area (Å²) in [6.45, 7) is 0. The Hall–Kier alpha value is -0.500. The lowest BCUT2D eigenvalue weighted by molar-refractivity contribution is -0.148. The van der Waals surface area contributed by atoms with Gasteiger partial charge in [-0.1, -0.05) is 11.6 Å². The molecule has 0 aromatic rings. The Morgan fingerprint density at radius 2 is 2.43 bits per heavy atom. The van der Waals surface area contributed by atoms with Crippen LogP contribution in [0, 0.1) is 0 Å². The van der Waals surface area contributed by atoms with Gasteiger partial charge in [0.1, 0.15) is 12.2 Å². The van der Waals surface area contributed by atoms with Gasteiger partial charge in [0.15, 0.2) is 0 Å². The fourth-order valence-corrected chi connectivity index (χ4v) is 0.463. The number of ether oxygens (including phenoxy) is 1. The number of hydrogen-bond donors (Lipinski definition) is 0. The summed E-state index contributed by atoms with van der Waals surface area (Å²) in [7, 11) is 0. The molecule has 0 radical (unpaired) electrons. The normalized spacial score (nSPS) is 24.1. The van der Waals surface area contributed by atoms with E-state index in [0.29, 0.717) is 12.2 Å². The molecule has 0 saturated carbocycles. The molecule has 0 aromatic carbocycles. The van der Waals surface area contributed by atoms with Gasteiger partial charge in [0, 0.05) is 5.54 Å². The van der Waals surface area contributed by atoms with Gasteiger partial charge in [-0.05, 0) is 0 Å². The average Bonchev–Trinajstić information content (AvgIpc) is 1.58. The molecule has 0 spiro atoms. The van der Waals surface area contributed by atoms with Crippen LogP contribution in [-0.2, 0) is 9.53 Å². The van der Waals surface area contributed by atoms with Crippen molar-refractivity contribution in [2.24, 2.45) is 0 Å². The van der Waals surface area contributed by atoms with Crippen molar-refractivity contribution in [3.63, 3.8) is 0 Å². The second kappa shape index (κ2) is 1.54. The van der Waals surface area contributed by atoms with E-state index in [2.05, 4.69) is 4.74 Å². The van der Waals surface area contributed by atoms with Gasteiger partial charge in [0.05, 0.1) is 0 Å². The third kappa shape index (κ3) is 0.747. The van der Waals surface area contributed by atoms with Gasteiger partial charge in [-0.25, -0.2) is 0 Å². The van der Waals surface area contributed by atoms with Crippen LogP contribution in [0.1, 0.15) is 6.42 Å². The maximum absolute atomic E-state index is 9.95. The van der Waals surface area contributed by atoms with Gasteiger partial charge in [-0.15, -0.1) is 0 Å². The molecule has 0 N–H and O–H groups in total. The zero-order valence-electron chi connectivity index (χ0n) is 3.48. The first-order valence-corrected chi connectivity index (χ1v) is 2.26. The highest BCUT2D eigenvalue weighted by molar-refractivity contribution is 6.26. The van der Waals surface area contributed by atoms with Crippen molar-refractivity contribution in [1.29, 1.82) is 0 Å². The molecule has 1 rings (SSSR count). The minimum Gasteiger partial charge on any atom is -0.429 e. The highest BCUT2D eigenvalue weighted by Gasteiger charge is 2.20. The molecule has 0 bridgehead atoms. The van der Waals surface area contributed by atoms with E-state index in [9.17, 15) is 4.79 Å². The molecule has 0 unspecified atom stereocenters. The number of carbonyl (C=O) groups is 1. The summed E-state index contributed by atoms with van der Waals surface area (Å²) in [5.74, 6) is 0.360. The van der Waals surface area contributed by atoms with Crippen LogP contribution in [0.5, 0.6) is 0 Å². The summed E-state index contributed by atoms with van der Waals surface area (Å²) in [6, 6.07) is 0. The molecule has 0 atom stereocenters. The summed E-state index contributed by atoms with van der Waals surface area (Å²) < 4.78 is 4.38. The smallest absolute Gasteiger partial charge is 0.318 e. The van der Waals surface area contributed by atoms with Crippen LogP contribution in [0.15, 0.2) is 11.3 Å². The number of halogens is 1. The first-order valence-electron chi connectivity index (χ1n) is 1.83. The molecular formula is C4H3ClO2. The van der Waals surface area contributed by atoms with Gasteiger partial charge in [0.2, 0.25) is 0 Å². The Bertz CT molecular complexity index is 118. The van der Waals surface area contributed by atoms with Crippen molar-refractivity contribution in [2.45, 2.75) is 6.42 Å². The molecule has 2 nitrogen and oxygen atoms in total. The van der Waals surface area contributed by atoms with Crippen LogP contribution < -0.4 is 0 Å². The Labute approximate surface area is 45.7 Å². The van der Waals surface area contributed by atoms with E-state index < -0.39 is 0 Å². The van der Waals surface area contributed by atoms with E-state index >= 15 is 0 Å². The monoisotopic (exact) mass is 118 g/mol. The summed E-state index contributed by atoms with van der Waals surface area (Å²) >= 11 is 5.13. The van der Waals surface area contributed by atoms with E-state index in [0.717, 1.165) is 0 Å². The average molecular weight is 119 g/mol. The zero-order chi connectivity index (χ0) is 5.28. The number of hydrogen-bond acceptors (Lipinski definition) is 2. The van der Waals surface area contributed by atoms with Crippen molar-refractivity contribution in [1.82, 2.24) is 0 Å². The summed E-state index contributed by atoms with van der Waals surface area (Å²) in [5.41, 5.74) is 1.27. The van der Waals surface area contributed by atoms with Gasteiger partial charge in [-0.2, -0.15) is 0 Å². The summed E-state index contributed by atoms with van der Waals surface area (Å²) in [5, 5.41) is 0. The van der Waals surface area contributed by atoms with Gasteiger partial charge in [0.25, 0.3) is 0 Å². The Kier molecular flexibility index (Phi) is 1.02. The molecule has 1 saturated heterocycles. The minimum atomic E-state index is -0.202. The standard InChI is InChI=1S/C4H3ClO2/c5-2-3-1-4(6)7-3/h2H,1H2. The first kappa shape index (κ1) is 4.65. The lowest BCUT2D eigenvalue weighted by Crippen LogP contribution is -2.16. The van der Waals surface area contributed by atoms with Crippen molar-refractivity contribution in [3.05, 3.63) is 11.3 Å². The van der Waals surface area contributed by atoms with Crippen LogP contribution in [-0.4, -0.2) is 5.97 Å². The molecule has 0 aromatic heterocycles. The molecule has 1 aliphatic heterocycles. The highest BCUT2D eigenvalue weighted by atomic mass is 35.5. The molecular weight excluding hydrogens is 115 g/mol. The predicted molar refractivity (Wildman–Crippen MR) is 24.6 cm³/mol. The molecule has 0 aliphatic carbocycles. The zero-order valence-corrected chi connectivity index (χ0v) is 4.23. The lowest BCUT2D eigenvalue weighted by atomic mass is 10.3. The van der Waals surface area contributed by atoms with E-state index in [1.165, 1.54) is 5.54 Å². The number of esters is 1. The maximum atomic E-state index is 9.95.